The van der Waals surface area contributed by atoms with Crippen molar-refractivity contribution in [3.8, 4) is 0 Å². The van der Waals surface area contributed by atoms with Gasteiger partial charge in [0, 0.05) is 11.1 Å². The van der Waals surface area contributed by atoms with Crippen molar-refractivity contribution in [3.63, 3.8) is 0 Å². The van der Waals surface area contributed by atoms with Crippen molar-refractivity contribution in [3.05, 3.63) is 53.2 Å². The summed E-state index contributed by atoms with van der Waals surface area (Å²) in [6.45, 7) is 0. The van der Waals surface area contributed by atoms with E-state index in [1.165, 1.54) is 6.26 Å². The first-order chi connectivity index (χ1) is 6.86. The van der Waals surface area contributed by atoms with Gasteiger partial charge in [-0.25, -0.2) is 4.98 Å². The smallest absolute Gasteiger partial charge is 0.218 e. The molecule has 1 heterocycles. The Morgan fingerprint density at radius 1 is 1.21 bits per heavy atom. The lowest BCUT2D eigenvalue weighted by atomic mass is 10.2. The number of halogens is 1. The van der Waals surface area contributed by atoms with E-state index >= 15 is 0 Å². The standard InChI is InChI=1S/C11H8ClNO/c12-10-4-2-1-3-9(10)5-6-11-13-7-8-14-11/h1-8H. The molecule has 0 aliphatic carbocycles. The Morgan fingerprint density at radius 2 is 2.07 bits per heavy atom. The highest BCUT2D eigenvalue weighted by Crippen LogP contribution is 2.17. The lowest BCUT2D eigenvalue weighted by Gasteiger charge is -1.94. The largest absolute Gasteiger partial charge is 0.445 e. The first-order valence-corrected chi connectivity index (χ1v) is 4.56. The van der Waals surface area contributed by atoms with Crippen molar-refractivity contribution in [2.24, 2.45) is 0 Å². The van der Waals surface area contributed by atoms with Crippen LogP contribution in [-0.4, -0.2) is 4.98 Å². The molecule has 70 valence electrons. The molecular weight excluding hydrogens is 198 g/mol. The number of oxazole rings is 1. The molecule has 0 atom stereocenters. The third kappa shape index (κ3) is 2.03. The molecule has 0 fully saturated rings. The summed E-state index contributed by atoms with van der Waals surface area (Å²) in [5.74, 6) is 0.574. The first-order valence-electron chi connectivity index (χ1n) is 4.18. The molecule has 2 aromatic rings. The van der Waals surface area contributed by atoms with Gasteiger partial charge in [0.05, 0.1) is 6.20 Å². The molecule has 0 N–H and O–H groups in total. The summed E-state index contributed by atoms with van der Waals surface area (Å²) < 4.78 is 5.05. The van der Waals surface area contributed by atoms with Crippen LogP contribution in [0.2, 0.25) is 5.02 Å². The number of nitrogens with zero attached hydrogens (tertiary/aromatic N) is 1. The number of aromatic nitrogens is 1. The molecule has 3 heteroatoms. The monoisotopic (exact) mass is 205 g/mol. The molecule has 0 radical (unpaired) electrons. The predicted octanol–water partition coefficient (Wildman–Crippen LogP) is 3.50. The molecule has 1 aromatic heterocycles. The minimum atomic E-state index is 0.574. The van der Waals surface area contributed by atoms with Crippen LogP contribution in [0.4, 0.5) is 0 Å². The lowest BCUT2D eigenvalue weighted by Crippen LogP contribution is -1.73. The van der Waals surface area contributed by atoms with Gasteiger partial charge in [0.1, 0.15) is 6.26 Å². The number of rotatable bonds is 2. The third-order valence-electron chi connectivity index (χ3n) is 1.76. The second-order valence-electron chi connectivity index (χ2n) is 2.73. The van der Waals surface area contributed by atoms with Gasteiger partial charge in [-0.15, -0.1) is 0 Å². The molecule has 0 amide bonds. The van der Waals surface area contributed by atoms with Gasteiger partial charge in [-0.2, -0.15) is 0 Å². The second-order valence-corrected chi connectivity index (χ2v) is 3.13. The Kier molecular flexibility index (Phi) is 2.65. The van der Waals surface area contributed by atoms with Crippen LogP contribution in [0.3, 0.4) is 0 Å². The number of benzene rings is 1. The SMILES string of the molecule is Clc1ccccc1C=Cc1ncco1. The van der Waals surface area contributed by atoms with E-state index in [9.17, 15) is 0 Å². The van der Waals surface area contributed by atoms with Gasteiger partial charge in [-0.1, -0.05) is 29.8 Å². The van der Waals surface area contributed by atoms with Crippen molar-refractivity contribution >= 4 is 23.8 Å². The Bertz CT molecular complexity index is 434. The molecule has 1 aromatic carbocycles. The predicted molar refractivity (Wildman–Crippen MR) is 56.9 cm³/mol. The van der Waals surface area contributed by atoms with E-state index in [4.69, 9.17) is 16.0 Å². The van der Waals surface area contributed by atoms with Crippen LogP contribution in [0, 0.1) is 0 Å². The highest BCUT2D eigenvalue weighted by atomic mass is 35.5. The minimum absolute atomic E-state index is 0.574. The molecule has 0 bridgehead atoms. The molecular formula is C11H8ClNO. The first kappa shape index (κ1) is 9.03. The zero-order valence-corrected chi connectivity index (χ0v) is 8.11. The Labute approximate surface area is 86.8 Å². The van der Waals surface area contributed by atoms with E-state index in [0.717, 1.165) is 10.6 Å². The Hall–Kier alpha value is -1.54. The molecule has 0 unspecified atom stereocenters. The molecule has 0 saturated heterocycles. The van der Waals surface area contributed by atoms with Gasteiger partial charge in [-0.05, 0) is 17.7 Å². The van der Waals surface area contributed by atoms with Crippen LogP contribution in [0.15, 0.2) is 41.1 Å². The van der Waals surface area contributed by atoms with Gasteiger partial charge in [-0.3, -0.25) is 0 Å². The van der Waals surface area contributed by atoms with Crippen LogP contribution in [0.25, 0.3) is 12.2 Å². The summed E-state index contributed by atoms with van der Waals surface area (Å²) in [6.07, 6.45) is 6.79. The molecule has 0 aliphatic heterocycles. The average molecular weight is 206 g/mol. The fourth-order valence-electron chi connectivity index (χ4n) is 1.09. The van der Waals surface area contributed by atoms with Gasteiger partial charge in [0.15, 0.2) is 0 Å². The van der Waals surface area contributed by atoms with Crippen LogP contribution < -0.4 is 0 Å². The fourth-order valence-corrected chi connectivity index (χ4v) is 1.29. The highest BCUT2D eigenvalue weighted by molar-refractivity contribution is 6.32. The van der Waals surface area contributed by atoms with E-state index in [-0.39, 0.29) is 0 Å². The van der Waals surface area contributed by atoms with Crippen molar-refractivity contribution in [1.29, 1.82) is 0 Å². The second kappa shape index (κ2) is 4.11. The summed E-state index contributed by atoms with van der Waals surface area (Å²) in [7, 11) is 0. The average Bonchev–Trinajstić information content (AvgIpc) is 2.69. The molecule has 0 saturated carbocycles. The molecule has 2 nitrogen and oxygen atoms in total. The molecule has 0 spiro atoms. The van der Waals surface area contributed by atoms with Gasteiger partial charge in [0.25, 0.3) is 0 Å². The van der Waals surface area contributed by atoms with Crippen LogP contribution in [0.5, 0.6) is 0 Å². The maximum absolute atomic E-state index is 5.96. The fraction of sp³-hybridized carbons (Fsp3) is 0. The van der Waals surface area contributed by atoms with E-state index < -0.39 is 0 Å². The van der Waals surface area contributed by atoms with Crippen LogP contribution in [-0.2, 0) is 0 Å². The van der Waals surface area contributed by atoms with Gasteiger partial charge in [0.2, 0.25) is 5.89 Å². The molecule has 14 heavy (non-hydrogen) atoms. The summed E-state index contributed by atoms with van der Waals surface area (Å²) in [5.41, 5.74) is 0.951. The topological polar surface area (TPSA) is 26.0 Å². The Balaban J connectivity index is 2.23. The zero-order chi connectivity index (χ0) is 9.80. The lowest BCUT2D eigenvalue weighted by molar-refractivity contribution is 0.547. The zero-order valence-electron chi connectivity index (χ0n) is 7.35. The highest BCUT2D eigenvalue weighted by Gasteiger charge is 1.94. The number of hydrogen-bond donors (Lipinski definition) is 0. The minimum Gasteiger partial charge on any atom is -0.445 e. The van der Waals surface area contributed by atoms with Gasteiger partial charge < -0.3 is 4.42 Å². The summed E-state index contributed by atoms with van der Waals surface area (Å²) in [6, 6.07) is 7.60. The van der Waals surface area contributed by atoms with Gasteiger partial charge >= 0.3 is 0 Å². The van der Waals surface area contributed by atoms with Crippen molar-refractivity contribution in [2.75, 3.05) is 0 Å². The number of hydrogen-bond acceptors (Lipinski definition) is 2. The summed E-state index contributed by atoms with van der Waals surface area (Å²) >= 11 is 5.96. The van der Waals surface area contributed by atoms with Crippen molar-refractivity contribution < 1.29 is 4.42 Å². The van der Waals surface area contributed by atoms with Crippen molar-refractivity contribution in [1.82, 2.24) is 4.98 Å². The molecule has 2 rings (SSSR count). The van der Waals surface area contributed by atoms with Crippen LogP contribution >= 0.6 is 11.6 Å². The maximum atomic E-state index is 5.96. The summed E-state index contributed by atoms with van der Waals surface area (Å²) in [4.78, 5) is 3.96. The quantitative estimate of drug-likeness (QED) is 0.750. The van der Waals surface area contributed by atoms with E-state index in [1.54, 1.807) is 12.3 Å². The normalized spacial score (nSPS) is 10.9. The van der Waals surface area contributed by atoms with E-state index in [1.807, 2.05) is 30.3 Å². The van der Waals surface area contributed by atoms with Crippen LogP contribution in [0.1, 0.15) is 11.5 Å². The summed E-state index contributed by atoms with van der Waals surface area (Å²) in [5, 5.41) is 0.718. The van der Waals surface area contributed by atoms with E-state index in [2.05, 4.69) is 4.98 Å². The maximum Gasteiger partial charge on any atom is 0.218 e. The van der Waals surface area contributed by atoms with E-state index in [0.29, 0.717) is 5.89 Å². The molecule has 0 aliphatic rings. The van der Waals surface area contributed by atoms with Crippen molar-refractivity contribution in [2.45, 2.75) is 0 Å². The third-order valence-corrected chi connectivity index (χ3v) is 2.11. The Morgan fingerprint density at radius 3 is 2.79 bits per heavy atom.